The van der Waals surface area contributed by atoms with E-state index < -0.39 is 10.0 Å². The van der Waals surface area contributed by atoms with Crippen LogP contribution in [0.5, 0.6) is 0 Å². The van der Waals surface area contributed by atoms with Gasteiger partial charge in [0.2, 0.25) is 16.0 Å². The molecule has 146 valence electrons. The number of sulfonamides is 1. The molecule has 0 fully saturated rings. The first kappa shape index (κ1) is 19.3. The van der Waals surface area contributed by atoms with Crippen molar-refractivity contribution in [2.24, 2.45) is 5.14 Å². The van der Waals surface area contributed by atoms with Gasteiger partial charge in [-0.25, -0.2) is 18.5 Å². The van der Waals surface area contributed by atoms with Crippen LogP contribution >= 0.6 is 16.1 Å². The molecule has 9 heteroatoms. The van der Waals surface area contributed by atoms with Crippen LogP contribution in [-0.4, -0.2) is 18.4 Å². The Balaban J connectivity index is 1.95. The summed E-state index contributed by atoms with van der Waals surface area (Å²) in [6, 6.07) is 21.5. The van der Waals surface area contributed by atoms with Crippen molar-refractivity contribution in [3.8, 4) is 11.1 Å². The van der Waals surface area contributed by atoms with E-state index in [4.69, 9.17) is 10.9 Å². The van der Waals surface area contributed by atoms with E-state index in [1.807, 2.05) is 36.4 Å². The molecule has 0 unspecified atom stereocenters. The van der Waals surface area contributed by atoms with Crippen molar-refractivity contribution in [2.45, 2.75) is 4.90 Å². The molecule has 29 heavy (non-hydrogen) atoms. The second kappa shape index (κ2) is 7.43. The van der Waals surface area contributed by atoms with Gasteiger partial charge in [0.1, 0.15) is 0 Å². The summed E-state index contributed by atoms with van der Waals surface area (Å²) in [5.41, 5.74) is 8.56. The molecule has 0 aliphatic carbocycles. The number of nitrogens with zero attached hydrogens (tertiary/aromatic N) is 3. The van der Waals surface area contributed by atoms with Gasteiger partial charge >= 0.3 is 0 Å². The number of rotatable bonds is 4. The third-order valence-corrected chi connectivity index (χ3v) is 6.08. The van der Waals surface area contributed by atoms with Crippen LogP contribution in [0.4, 0.5) is 17.5 Å². The Kier molecular flexibility index (Phi) is 4.95. The van der Waals surface area contributed by atoms with Crippen molar-refractivity contribution in [2.75, 3.05) is 9.66 Å². The molecule has 0 aliphatic heterocycles. The van der Waals surface area contributed by atoms with Crippen LogP contribution in [0.15, 0.2) is 77.7 Å². The van der Waals surface area contributed by atoms with E-state index in [-0.39, 0.29) is 10.8 Å². The first-order valence-electron chi connectivity index (χ1n) is 8.55. The lowest BCUT2D eigenvalue weighted by Gasteiger charge is -2.18. The maximum atomic E-state index is 12.0. The van der Waals surface area contributed by atoms with E-state index in [0.29, 0.717) is 27.8 Å². The number of anilines is 3. The Morgan fingerprint density at radius 2 is 1.59 bits per heavy atom. The number of nitrogen functional groups attached to an aromatic ring is 1. The Hall–Kier alpha value is -3.01. The second-order valence-corrected chi connectivity index (χ2v) is 8.53. The summed E-state index contributed by atoms with van der Waals surface area (Å²) >= 11 is 3.55. The normalized spacial score (nSPS) is 11.5. The predicted octanol–water partition coefficient (Wildman–Crippen LogP) is 3.97. The Bertz CT molecular complexity index is 1310. The van der Waals surface area contributed by atoms with Crippen molar-refractivity contribution >= 4 is 54.5 Å². The van der Waals surface area contributed by atoms with Crippen molar-refractivity contribution < 1.29 is 8.42 Å². The molecule has 4 rings (SSSR count). The maximum absolute atomic E-state index is 12.0. The van der Waals surface area contributed by atoms with E-state index in [1.54, 1.807) is 34.3 Å². The van der Waals surface area contributed by atoms with Gasteiger partial charge in [-0.05, 0) is 35.9 Å². The van der Waals surface area contributed by atoms with Gasteiger partial charge in [0.25, 0.3) is 0 Å². The lowest BCUT2D eigenvalue weighted by molar-refractivity contribution is 0.598. The number of hydrogen-bond donors (Lipinski definition) is 2. The fourth-order valence-electron chi connectivity index (χ4n) is 3.08. The van der Waals surface area contributed by atoms with Crippen LogP contribution in [0.2, 0.25) is 0 Å². The first-order chi connectivity index (χ1) is 13.8. The zero-order valence-electron chi connectivity index (χ0n) is 15.0. The molecule has 0 amide bonds. The number of para-hydroxylation sites is 1. The molecular formula is C20H16BrN5O2S. The summed E-state index contributed by atoms with van der Waals surface area (Å²) in [6.45, 7) is 0. The summed E-state index contributed by atoms with van der Waals surface area (Å²) in [5.74, 6) is 0.666. The third-order valence-electron chi connectivity index (χ3n) is 4.37. The Morgan fingerprint density at radius 1 is 0.897 bits per heavy atom. The van der Waals surface area contributed by atoms with E-state index >= 15 is 0 Å². The Labute approximate surface area is 176 Å². The molecule has 0 aliphatic rings. The number of hydrogen-bond acceptors (Lipinski definition) is 6. The molecule has 7 nitrogen and oxygen atoms in total. The largest absolute Gasteiger partial charge is 0.368 e. The van der Waals surface area contributed by atoms with E-state index in [2.05, 4.69) is 26.1 Å². The molecule has 4 aromatic rings. The number of primary sulfonamides is 1. The molecule has 0 atom stereocenters. The maximum Gasteiger partial charge on any atom is 0.238 e. The van der Waals surface area contributed by atoms with Crippen LogP contribution in [0.3, 0.4) is 0 Å². The molecule has 3 aromatic carbocycles. The smallest absolute Gasteiger partial charge is 0.238 e. The van der Waals surface area contributed by atoms with Gasteiger partial charge in [0.15, 0.2) is 5.82 Å². The molecule has 1 aromatic heterocycles. The summed E-state index contributed by atoms with van der Waals surface area (Å²) in [7, 11) is -3.88. The minimum absolute atomic E-state index is 0.0519. The minimum Gasteiger partial charge on any atom is -0.368 e. The summed E-state index contributed by atoms with van der Waals surface area (Å²) < 4.78 is 25.8. The van der Waals surface area contributed by atoms with Crippen LogP contribution in [0.1, 0.15) is 0 Å². The van der Waals surface area contributed by atoms with Crippen LogP contribution in [0, 0.1) is 0 Å². The van der Waals surface area contributed by atoms with Gasteiger partial charge < -0.3 is 5.73 Å². The molecule has 0 bridgehead atoms. The monoisotopic (exact) mass is 469 g/mol. The predicted molar refractivity (Wildman–Crippen MR) is 118 cm³/mol. The summed E-state index contributed by atoms with van der Waals surface area (Å²) in [5, 5.41) is 6.09. The van der Waals surface area contributed by atoms with E-state index in [9.17, 15) is 8.42 Å². The quantitative estimate of drug-likeness (QED) is 0.436. The lowest BCUT2D eigenvalue weighted by atomic mass is 10.0. The summed E-state index contributed by atoms with van der Waals surface area (Å²) in [4.78, 5) is 8.73. The highest BCUT2D eigenvalue weighted by atomic mass is 79.9. The average Bonchev–Trinajstić information content (AvgIpc) is 2.72. The minimum atomic E-state index is -3.88. The van der Waals surface area contributed by atoms with Gasteiger partial charge in [0, 0.05) is 10.9 Å². The first-order valence-corrected chi connectivity index (χ1v) is 10.8. The molecular weight excluding hydrogens is 454 g/mol. The van der Waals surface area contributed by atoms with Gasteiger partial charge in [-0.2, -0.15) is 4.98 Å². The standard InChI is InChI=1S/C20H16BrN5O2S/c21-26(14-6-2-1-3-7-14)19-16-12-13(10-11-17(16)24-20(22)25-19)15-8-4-5-9-18(15)29(23,27)28/h1-12H,(H2,22,24,25)(H2,23,27,28). The zero-order valence-corrected chi connectivity index (χ0v) is 17.4. The number of benzene rings is 3. The highest BCUT2D eigenvalue weighted by Gasteiger charge is 2.18. The van der Waals surface area contributed by atoms with Gasteiger partial charge in [-0.1, -0.05) is 42.5 Å². The molecule has 4 N–H and O–H groups in total. The average molecular weight is 470 g/mol. The highest BCUT2D eigenvalue weighted by Crippen LogP contribution is 2.36. The van der Waals surface area contributed by atoms with Crippen molar-refractivity contribution in [3.05, 3.63) is 72.8 Å². The molecule has 0 saturated heterocycles. The SMILES string of the molecule is Nc1nc(N(Br)c2ccccc2)c2cc(-c3ccccc3S(N)(=O)=O)ccc2n1. The number of fused-ring (bicyclic) bond motifs is 1. The van der Waals surface area contributed by atoms with Crippen molar-refractivity contribution in [3.63, 3.8) is 0 Å². The fraction of sp³-hybridized carbons (Fsp3) is 0. The second-order valence-electron chi connectivity index (χ2n) is 6.29. The number of aromatic nitrogens is 2. The van der Waals surface area contributed by atoms with E-state index in [0.717, 1.165) is 5.69 Å². The zero-order chi connectivity index (χ0) is 20.6. The number of nitrogens with two attached hydrogens (primary N) is 2. The van der Waals surface area contributed by atoms with Gasteiger partial charge in [-0.3, -0.25) is 3.93 Å². The van der Waals surface area contributed by atoms with E-state index in [1.165, 1.54) is 6.07 Å². The number of halogens is 1. The van der Waals surface area contributed by atoms with Crippen molar-refractivity contribution in [1.29, 1.82) is 0 Å². The van der Waals surface area contributed by atoms with Crippen LogP contribution < -0.4 is 14.8 Å². The van der Waals surface area contributed by atoms with Crippen LogP contribution in [0.25, 0.3) is 22.0 Å². The fourth-order valence-corrected chi connectivity index (χ4v) is 4.35. The highest BCUT2D eigenvalue weighted by molar-refractivity contribution is 9.10. The Morgan fingerprint density at radius 3 is 2.31 bits per heavy atom. The lowest BCUT2D eigenvalue weighted by Crippen LogP contribution is -2.13. The molecule has 0 radical (unpaired) electrons. The molecule has 0 saturated carbocycles. The third kappa shape index (κ3) is 3.80. The van der Waals surface area contributed by atoms with Crippen LogP contribution in [-0.2, 0) is 10.0 Å². The topological polar surface area (TPSA) is 115 Å². The van der Waals surface area contributed by atoms with Crippen molar-refractivity contribution in [1.82, 2.24) is 9.97 Å². The summed E-state index contributed by atoms with van der Waals surface area (Å²) in [6.07, 6.45) is 0. The molecule has 1 heterocycles. The van der Waals surface area contributed by atoms with Gasteiger partial charge in [-0.15, -0.1) is 0 Å². The van der Waals surface area contributed by atoms with Gasteiger partial charge in [0.05, 0.1) is 32.2 Å². The molecule has 0 spiro atoms.